The lowest BCUT2D eigenvalue weighted by Crippen LogP contribution is -2.46. The number of piperidine rings is 1. The highest BCUT2D eigenvalue weighted by atomic mass is 19.1. The Labute approximate surface area is 174 Å². The van der Waals surface area contributed by atoms with Gasteiger partial charge in [0, 0.05) is 24.7 Å². The van der Waals surface area contributed by atoms with Crippen LogP contribution in [0.5, 0.6) is 0 Å². The number of nitrogens with one attached hydrogen (secondary N) is 1. The van der Waals surface area contributed by atoms with Crippen LogP contribution >= 0.6 is 0 Å². The molecule has 1 N–H and O–H groups in total. The Kier molecular flexibility index (Phi) is 5.74. The molecule has 6 heteroatoms. The standard InChI is InChI=1S/C24H24FN3O2/c1-16(17-5-3-2-4-6-17)27-23(29)24(30)28-13-10-18(11-14-28)20-9-12-26-22-8-7-19(25)15-21(20)22/h2-9,12,15-16,18H,10-11,13-14H2,1H3,(H,27,29). The topological polar surface area (TPSA) is 62.3 Å². The van der Waals surface area contributed by atoms with Gasteiger partial charge in [0.25, 0.3) is 0 Å². The first-order chi connectivity index (χ1) is 14.5. The maximum atomic E-state index is 13.7. The average Bonchev–Trinajstić information content (AvgIpc) is 2.78. The first kappa shape index (κ1) is 20.0. The van der Waals surface area contributed by atoms with Gasteiger partial charge in [0.15, 0.2) is 0 Å². The number of fused-ring (bicyclic) bond motifs is 1. The van der Waals surface area contributed by atoms with E-state index in [0.29, 0.717) is 13.1 Å². The zero-order chi connectivity index (χ0) is 21.1. The summed E-state index contributed by atoms with van der Waals surface area (Å²) in [7, 11) is 0. The molecule has 0 radical (unpaired) electrons. The molecule has 30 heavy (non-hydrogen) atoms. The Bertz CT molecular complexity index is 1060. The zero-order valence-electron chi connectivity index (χ0n) is 16.8. The average molecular weight is 405 g/mol. The van der Waals surface area contributed by atoms with E-state index in [-0.39, 0.29) is 17.8 Å². The fourth-order valence-electron chi connectivity index (χ4n) is 4.12. The molecule has 0 bridgehead atoms. The predicted octanol–water partition coefficient (Wildman–Crippen LogP) is 3.96. The van der Waals surface area contributed by atoms with Crippen LogP contribution in [0.4, 0.5) is 4.39 Å². The maximum absolute atomic E-state index is 13.7. The molecule has 5 nitrogen and oxygen atoms in total. The van der Waals surface area contributed by atoms with Crippen molar-refractivity contribution in [3.05, 3.63) is 77.7 Å². The van der Waals surface area contributed by atoms with Crippen LogP contribution in [0.25, 0.3) is 10.9 Å². The summed E-state index contributed by atoms with van der Waals surface area (Å²) < 4.78 is 13.7. The van der Waals surface area contributed by atoms with Gasteiger partial charge in [-0.3, -0.25) is 14.6 Å². The van der Waals surface area contributed by atoms with Gasteiger partial charge in [-0.25, -0.2) is 4.39 Å². The van der Waals surface area contributed by atoms with E-state index >= 15 is 0 Å². The van der Waals surface area contributed by atoms with Gasteiger partial charge >= 0.3 is 11.8 Å². The molecular weight excluding hydrogens is 381 g/mol. The highest BCUT2D eigenvalue weighted by Crippen LogP contribution is 2.32. The fourth-order valence-corrected chi connectivity index (χ4v) is 4.12. The summed E-state index contributed by atoms with van der Waals surface area (Å²) in [5.41, 5.74) is 2.77. The van der Waals surface area contributed by atoms with Crippen LogP contribution in [0.3, 0.4) is 0 Å². The largest absolute Gasteiger partial charge is 0.341 e. The number of rotatable bonds is 3. The van der Waals surface area contributed by atoms with Crippen LogP contribution in [0, 0.1) is 5.82 Å². The smallest absolute Gasteiger partial charge is 0.311 e. The van der Waals surface area contributed by atoms with Gasteiger partial charge in [-0.2, -0.15) is 0 Å². The number of likely N-dealkylation sites (tertiary alicyclic amines) is 1. The Morgan fingerprint density at radius 3 is 2.57 bits per heavy atom. The molecule has 2 aromatic carbocycles. The van der Waals surface area contributed by atoms with E-state index in [2.05, 4.69) is 10.3 Å². The molecule has 1 aromatic heterocycles. The van der Waals surface area contributed by atoms with E-state index in [1.807, 2.05) is 43.3 Å². The number of aromatic nitrogens is 1. The van der Waals surface area contributed by atoms with Crippen molar-refractivity contribution in [2.45, 2.75) is 31.7 Å². The minimum atomic E-state index is -0.582. The van der Waals surface area contributed by atoms with Crippen LogP contribution < -0.4 is 5.32 Å². The number of carbonyl (C=O) groups excluding carboxylic acids is 2. The minimum Gasteiger partial charge on any atom is -0.341 e. The van der Waals surface area contributed by atoms with Gasteiger partial charge in [0.2, 0.25) is 0 Å². The third kappa shape index (κ3) is 4.17. The van der Waals surface area contributed by atoms with Crippen LogP contribution in [-0.4, -0.2) is 34.8 Å². The van der Waals surface area contributed by atoms with Crippen molar-refractivity contribution in [3.8, 4) is 0 Å². The summed E-state index contributed by atoms with van der Waals surface area (Å²) in [5, 5.41) is 3.60. The van der Waals surface area contributed by atoms with Gasteiger partial charge in [-0.1, -0.05) is 30.3 Å². The number of amides is 2. The minimum absolute atomic E-state index is 0.202. The number of benzene rings is 2. The monoisotopic (exact) mass is 405 g/mol. The van der Waals surface area contributed by atoms with Crippen LogP contribution in [0.1, 0.15) is 42.9 Å². The predicted molar refractivity (Wildman–Crippen MR) is 113 cm³/mol. The van der Waals surface area contributed by atoms with Crippen LogP contribution in [0.15, 0.2) is 60.8 Å². The Morgan fingerprint density at radius 1 is 1.10 bits per heavy atom. The van der Waals surface area contributed by atoms with E-state index in [1.165, 1.54) is 12.1 Å². The normalized spacial score (nSPS) is 15.7. The molecule has 0 aliphatic carbocycles. The molecular formula is C24H24FN3O2. The van der Waals surface area contributed by atoms with Gasteiger partial charge < -0.3 is 10.2 Å². The molecule has 2 heterocycles. The molecule has 1 unspecified atom stereocenters. The SMILES string of the molecule is CC(NC(=O)C(=O)N1CCC(c2ccnc3ccc(F)cc23)CC1)c1ccccc1. The van der Waals surface area contributed by atoms with Gasteiger partial charge in [0.1, 0.15) is 5.82 Å². The van der Waals surface area contributed by atoms with Crippen molar-refractivity contribution < 1.29 is 14.0 Å². The number of hydrogen-bond donors (Lipinski definition) is 1. The van der Waals surface area contributed by atoms with Crippen molar-refractivity contribution in [2.75, 3.05) is 13.1 Å². The summed E-state index contributed by atoms with van der Waals surface area (Å²) >= 11 is 0. The quantitative estimate of drug-likeness (QED) is 0.671. The second-order valence-electron chi connectivity index (χ2n) is 7.73. The molecule has 1 atom stereocenters. The molecule has 0 spiro atoms. The highest BCUT2D eigenvalue weighted by Gasteiger charge is 2.29. The van der Waals surface area contributed by atoms with E-state index < -0.39 is 11.8 Å². The van der Waals surface area contributed by atoms with Crippen molar-refractivity contribution in [1.82, 2.24) is 15.2 Å². The third-order valence-corrected chi connectivity index (χ3v) is 5.80. The maximum Gasteiger partial charge on any atom is 0.311 e. The lowest BCUT2D eigenvalue weighted by Gasteiger charge is -2.32. The van der Waals surface area contributed by atoms with Crippen molar-refractivity contribution in [3.63, 3.8) is 0 Å². The molecule has 2 amide bonds. The van der Waals surface area contributed by atoms with Gasteiger partial charge in [-0.15, -0.1) is 0 Å². The lowest BCUT2D eigenvalue weighted by atomic mass is 9.87. The second kappa shape index (κ2) is 8.61. The zero-order valence-corrected chi connectivity index (χ0v) is 16.8. The molecule has 1 aliphatic rings. The third-order valence-electron chi connectivity index (χ3n) is 5.80. The molecule has 1 aliphatic heterocycles. The first-order valence-corrected chi connectivity index (χ1v) is 10.2. The van der Waals surface area contributed by atoms with Crippen molar-refractivity contribution >= 4 is 22.7 Å². The molecule has 0 saturated carbocycles. The summed E-state index contributed by atoms with van der Waals surface area (Å²) in [6.45, 7) is 2.85. The lowest BCUT2D eigenvalue weighted by molar-refractivity contribution is -0.146. The Morgan fingerprint density at radius 2 is 1.83 bits per heavy atom. The number of nitrogens with zero attached hydrogens (tertiary/aromatic N) is 2. The van der Waals surface area contributed by atoms with Crippen LogP contribution in [0.2, 0.25) is 0 Å². The summed E-state index contributed by atoms with van der Waals surface area (Å²) in [6.07, 6.45) is 3.19. The molecule has 4 rings (SSSR count). The molecule has 3 aromatic rings. The van der Waals surface area contributed by atoms with Crippen molar-refractivity contribution in [1.29, 1.82) is 0 Å². The van der Waals surface area contributed by atoms with Gasteiger partial charge in [0.05, 0.1) is 11.6 Å². The highest BCUT2D eigenvalue weighted by molar-refractivity contribution is 6.35. The second-order valence-corrected chi connectivity index (χ2v) is 7.73. The number of carbonyl (C=O) groups is 2. The van der Waals surface area contributed by atoms with Gasteiger partial charge in [-0.05, 0) is 61.1 Å². The number of hydrogen-bond acceptors (Lipinski definition) is 3. The summed E-state index contributed by atoms with van der Waals surface area (Å²) in [6, 6.07) is 15.9. The molecule has 1 saturated heterocycles. The number of pyridine rings is 1. The van der Waals surface area contributed by atoms with Crippen molar-refractivity contribution in [2.24, 2.45) is 0 Å². The van der Waals surface area contributed by atoms with E-state index in [4.69, 9.17) is 0 Å². The van der Waals surface area contributed by atoms with E-state index in [0.717, 1.165) is 34.9 Å². The van der Waals surface area contributed by atoms with E-state index in [9.17, 15) is 14.0 Å². The Balaban J connectivity index is 1.39. The first-order valence-electron chi connectivity index (χ1n) is 10.2. The van der Waals surface area contributed by atoms with Crippen LogP contribution in [-0.2, 0) is 9.59 Å². The number of halogens is 1. The summed E-state index contributed by atoms with van der Waals surface area (Å²) in [4.78, 5) is 31.0. The molecule has 154 valence electrons. The fraction of sp³-hybridized carbons (Fsp3) is 0.292. The Hall–Kier alpha value is -3.28. The summed E-state index contributed by atoms with van der Waals surface area (Å²) in [5.74, 6) is -1.16. The molecule has 1 fully saturated rings. The van der Waals surface area contributed by atoms with E-state index in [1.54, 1.807) is 17.2 Å².